The number of carbonyl (C=O) groups excluding carboxylic acids is 1. The smallest absolute Gasteiger partial charge is 0.277 e. The number of thioether (sulfide) groups is 2. The van der Waals surface area contributed by atoms with Gasteiger partial charge in [-0.2, -0.15) is 11.8 Å². The largest absolute Gasteiger partial charge is 0.415 e. The number of benzene rings is 1. The number of sulfonamides is 1. The van der Waals surface area contributed by atoms with Crippen LogP contribution in [0.5, 0.6) is 0 Å². The van der Waals surface area contributed by atoms with Crippen LogP contribution in [0, 0.1) is 0 Å². The molecule has 0 amide bonds. The highest BCUT2D eigenvalue weighted by molar-refractivity contribution is 8.00. The summed E-state index contributed by atoms with van der Waals surface area (Å²) in [4.78, 5) is 12.4. The van der Waals surface area contributed by atoms with Gasteiger partial charge < -0.3 is 4.42 Å². The molecule has 10 heteroatoms. The van der Waals surface area contributed by atoms with Crippen LogP contribution in [0.4, 0.5) is 5.69 Å². The monoisotopic (exact) mass is 387 g/mol. The van der Waals surface area contributed by atoms with E-state index in [1.807, 2.05) is 6.26 Å². The van der Waals surface area contributed by atoms with Crippen LogP contribution in [0.15, 0.2) is 33.9 Å². The van der Waals surface area contributed by atoms with Crippen molar-refractivity contribution in [2.24, 2.45) is 0 Å². The van der Waals surface area contributed by atoms with E-state index in [0.29, 0.717) is 28.1 Å². The third-order valence-electron chi connectivity index (χ3n) is 2.84. The summed E-state index contributed by atoms with van der Waals surface area (Å²) in [6.45, 7) is 1.76. The molecular weight excluding hydrogens is 370 g/mol. The quantitative estimate of drug-likeness (QED) is 0.545. The van der Waals surface area contributed by atoms with E-state index in [0.717, 1.165) is 6.26 Å². The number of nitrogens with one attached hydrogen (secondary N) is 1. The summed E-state index contributed by atoms with van der Waals surface area (Å²) in [7, 11) is -3.34. The second kappa shape index (κ2) is 8.04. The number of Topliss-reactive ketones (excluding diaryl/α,β-unsaturated/α-hetero) is 1. The molecule has 24 heavy (non-hydrogen) atoms. The standard InChI is InChI=1S/C14H17N3O4S3/c1-9(23-14-16-15-12(21-14)8-22-2)13(18)10-4-6-11(7-5-10)17-24(3,19)20/h4-7,9,17H,8H2,1-3H3. The molecule has 1 aromatic heterocycles. The van der Waals surface area contributed by atoms with Crippen LogP contribution in [0.1, 0.15) is 23.2 Å². The van der Waals surface area contributed by atoms with Gasteiger partial charge in [-0.1, -0.05) is 11.8 Å². The van der Waals surface area contributed by atoms with Crippen LogP contribution in [-0.4, -0.2) is 42.2 Å². The van der Waals surface area contributed by atoms with Crippen molar-refractivity contribution in [3.8, 4) is 0 Å². The molecule has 0 aliphatic carbocycles. The SMILES string of the molecule is CSCc1nnc(SC(C)C(=O)c2ccc(NS(C)(=O)=O)cc2)o1. The van der Waals surface area contributed by atoms with Gasteiger partial charge in [0.2, 0.25) is 15.9 Å². The van der Waals surface area contributed by atoms with Crippen molar-refractivity contribution in [3.05, 3.63) is 35.7 Å². The lowest BCUT2D eigenvalue weighted by molar-refractivity contribution is 0.0993. The van der Waals surface area contributed by atoms with Crippen molar-refractivity contribution >= 4 is 45.0 Å². The van der Waals surface area contributed by atoms with E-state index < -0.39 is 15.3 Å². The van der Waals surface area contributed by atoms with Gasteiger partial charge in [0.1, 0.15) is 0 Å². The zero-order valence-electron chi connectivity index (χ0n) is 13.3. The normalized spacial score (nSPS) is 12.8. The summed E-state index contributed by atoms with van der Waals surface area (Å²) >= 11 is 2.77. The number of anilines is 1. The first-order valence-corrected chi connectivity index (χ1v) is 11.0. The summed E-state index contributed by atoms with van der Waals surface area (Å²) < 4.78 is 30.1. The average Bonchev–Trinajstić information content (AvgIpc) is 2.93. The van der Waals surface area contributed by atoms with E-state index in [2.05, 4.69) is 14.9 Å². The molecule has 1 atom stereocenters. The van der Waals surface area contributed by atoms with Crippen LogP contribution in [0.25, 0.3) is 0 Å². The summed E-state index contributed by atoms with van der Waals surface area (Å²) in [5.41, 5.74) is 0.894. The fourth-order valence-corrected chi connectivity index (χ4v) is 3.53. The van der Waals surface area contributed by atoms with Crippen molar-refractivity contribution in [3.63, 3.8) is 0 Å². The minimum absolute atomic E-state index is 0.101. The molecule has 0 saturated heterocycles. The molecule has 1 heterocycles. The molecule has 1 unspecified atom stereocenters. The maximum atomic E-state index is 12.4. The number of rotatable bonds is 8. The van der Waals surface area contributed by atoms with Crippen LogP contribution in [-0.2, 0) is 15.8 Å². The molecule has 7 nitrogen and oxygen atoms in total. The molecule has 0 bridgehead atoms. The molecule has 1 aromatic carbocycles. The fourth-order valence-electron chi connectivity index (χ4n) is 1.82. The second-order valence-corrected chi connectivity index (χ2v) is 8.88. The van der Waals surface area contributed by atoms with Gasteiger partial charge in [0.15, 0.2) is 5.78 Å². The Kier molecular flexibility index (Phi) is 6.30. The van der Waals surface area contributed by atoms with E-state index in [1.165, 1.54) is 11.8 Å². The van der Waals surface area contributed by atoms with Gasteiger partial charge in [0.05, 0.1) is 17.3 Å². The number of hydrogen-bond donors (Lipinski definition) is 1. The fraction of sp³-hybridized carbons (Fsp3) is 0.357. The summed E-state index contributed by atoms with van der Waals surface area (Å²) in [6.07, 6.45) is 3.01. The minimum atomic E-state index is -3.34. The minimum Gasteiger partial charge on any atom is -0.415 e. The maximum Gasteiger partial charge on any atom is 0.277 e. The molecule has 2 aromatic rings. The lowest BCUT2D eigenvalue weighted by Gasteiger charge is -2.09. The summed E-state index contributed by atoms with van der Waals surface area (Å²) in [5, 5.41) is 7.77. The second-order valence-electron chi connectivity index (χ2n) is 4.97. The molecule has 0 aliphatic heterocycles. The predicted octanol–water partition coefficient (Wildman–Crippen LogP) is 2.67. The van der Waals surface area contributed by atoms with Crippen LogP contribution >= 0.6 is 23.5 Å². The van der Waals surface area contributed by atoms with Crippen molar-refractivity contribution < 1.29 is 17.6 Å². The van der Waals surface area contributed by atoms with Crippen molar-refractivity contribution in [2.45, 2.75) is 23.1 Å². The molecule has 1 N–H and O–H groups in total. The lowest BCUT2D eigenvalue weighted by Crippen LogP contribution is -2.14. The van der Waals surface area contributed by atoms with Gasteiger partial charge in [-0.25, -0.2) is 8.42 Å². The molecule has 2 rings (SSSR count). The number of hydrogen-bond acceptors (Lipinski definition) is 8. The van der Waals surface area contributed by atoms with E-state index >= 15 is 0 Å². The van der Waals surface area contributed by atoms with Gasteiger partial charge in [-0.15, -0.1) is 10.2 Å². The summed E-state index contributed by atoms with van der Waals surface area (Å²) in [5.74, 6) is 1.06. The zero-order valence-corrected chi connectivity index (χ0v) is 15.8. The van der Waals surface area contributed by atoms with E-state index in [-0.39, 0.29) is 5.78 Å². The number of ketones is 1. The number of carbonyl (C=O) groups is 1. The van der Waals surface area contributed by atoms with Gasteiger partial charge >= 0.3 is 0 Å². The van der Waals surface area contributed by atoms with Crippen LogP contribution < -0.4 is 4.72 Å². The lowest BCUT2D eigenvalue weighted by atomic mass is 10.1. The van der Waals surface area contributed by atoms with Gasteiger partial charge in [-0.3, -0.25) is 9.52 Å². The van der Waals surface area contributed by atoms with Gasteiger partial charge in [0, 0.05) is 11.3 Å². The molecule has 0 saturated carbocycles. The molecule has 130 valence electrons. The molecule has 0 radical (unpaired) electrons. The van der Waals surface area contributed by atoms with Crippen molar-refractivity contribution in [1.82, 2.24) is 10.2 Å². The zero-order chi connectivity index (χ0) is 17.7. The maximum absolute atomic E-state index is 12.4. The number of nitrogens with zero attached hydrogens (tertiary/aromatic N) is 2. The Balaban J connectivity index is 2.01. The Morgan fingerprint density at radius 2 is 1.96 bits per heavy atom. The molecule has 0 fully saturated rings. The molecular formula is C14H17N3O4S3. The van der Waals surface area contributed by atoms with Gasteiger partial charge in [-0.05, 0) is 37.4 Å². The highest BCUT2D eigenvalue weighted by Gasteiger charge is 2.20. The number of aromatic nitrogens is 2. The summed E-state index contributed by atoms with van der Waals surface area (Å²) in [6, 6.07) is 6.27. The Morgan fingerprint density at radius 3 is 2.54 bits per heavy atom. The Hall–Kier alpha value is -1.52. The third-order valence-corrected chi connectivity index (χ3v) is 4.91. The Morgan fingerprint density at radius 1 is 1.29 bits per heavy atom. The van der Waals surface area contributed by atoms with Crippen LogP contribution in [0.3, 0.4) is 0 Å². The van der Waals surface area contributed by atoms with Crippen LogP contribution in [0.2, 0.25) is 0 Å². The van der Waals surface area contributed by atoms with E-state index in [1.54, 1.807) is 43.0 Å². The van der Waals surface area contributed by atoms with E-state index in [9.17, 15) is 13.2 Å². The Labute approximate surface area is 149 Å². The molecule has 0 aliphatic rings. The Bertz CT molecular complexity index is 803. The highest BCUT2D eigenvalue weighted by atomic mass is 32.2. The first-order chi connectivity index (χ1) is 11.3. The average molecular weight is 388 g/mol. The van der Waals surface area contributed by atoms with Crippen molar-refractivity contribution in [2.75, 3.05) is 17.2 Å². The van der Waals surface area contributed by atoms with Gasteiger partial charge in [0.25, 0.3) is 5.22 Å². The predicted molar refractivity (Wildman–Crippen MR) is 96.1 cm³/mol. The van der Waals surface area contributed by atoms with Crippen molar-refractivity contribution in [1.29, 1.82) is 0 Å². The topological polar surface area (TPSA) is 102 Å². The first kappa shape index (κ1) is 18.8. The highest BCUT2D eigenvalue weighted by Crippen LogP contribution is 2.25. The molecule has 0 spiro atoms. The first-order valence-electron chi connectivity index (χ1n) is 6.88. The van der Waals surface area contributed by atoms with E-state index in [4.69, 9.17) is 4.42 Å². The third kappa shape index (κ3) is 5.53.